The summed E-state index contributed by atoms with van der Waals surface area (Å²) >= 11 is 5.46. The van der Waals surface area contributed by atoms with Crippen LogP contribution in [-0.4, -0.2) is 11.0 Å². The van der Waals surface area contributed by atoms with E-state index in [4.69, 9.17) is 12.2 Å². The number of anilines is 2. The maximum Gasteiger partial charge on any atom is 0.255 e. The average Bonchev–Trinajstić information content (AvgIpc) is 2.80. The van der Waals surface area contributed by atoms with Gasteiger partial charge >= 0.3 is 0 Å². The molecule has 0 aliphatic rings. The molecule has 4 aromatic carbocycles. The Bertz CT molecular complexity index is 1270. The summed E-state index contributed by atoms with van der Waals surface area (Å²) in [6, 6.07) is 27.4. The number of thiocarbonyl (C=S) groups is 1. The minimum Gasteiger partial charge on any atom is -0.356 e. The Morgan fingerprint density at radius 1 is 0.812 bits per heavy atom. The highest BCUT2D eigenvalue weighted by atomic mass is 32.1. The molecule has 1 atom stereocenters. The third kappa shape index (κ3) is 5.28. The largest absolute Gasteiger partial charge is 0.356 e. The van der Waals surface area contributed by atoms with Crippen molar-refractivity contribution in [1.82, 2.24) is 5.32 Å². The molecule has 0 saturated carbocycles. The number of carbonyl (C=O) groups excluding carboxylic acids is 1. The lowest BCUT2D eigenvalue weighted by Gasteiger charge is -2.18. The molecule has 6 heteroatoms. The molecular weight excluding hydrogens is 421 g/mol. The molecule has 32 heavy (non-hydrogen) atoms. The van der Waals surface area contributed by atoms with Gasteiger partial charge in [0.25, 0.3) is 5.91 Å². The minimum absolute atomic E-state index is 0.0319. The number of benzene rings is 4. The SMILES string of the molecule is CC(NC(=S)Nc1ccc(NC(=O)c2cccc(F)c2)cc1)c1ccc2ccccc2c1. The molecule has 1 amide bonds. The summed E-state index contributed by atoms with van der Waals surface area (Å²) in [4.78, 5) is 12.2. The van der Waals surface area contributed by atoms with Crippen molar-refractivity contribution in [2.45, 2.75) is 13.0 Å². The highest BCUT2D eigenvalue weighted by Gasteiger charge is 2.09. The monoisotopic (exact) mass is 443 g/mol. The van der Waals surface area contributed by atoms with Crippen molar-refractivity contribution in [3.05, 3.63) is 108 Å². The topological polar surface area (TPSA) is 53.2 Å². The summed E-state index contributed by atoms with van der Waals surface area (Å²) in [6.07, 6.45) is 0. The fourth-order valence-corrected chi connectivity index (χ4v) is 3.69. The van der Waals surface area contributed by atoms with Crippen LogP contribution >= 0.6 is 12.2 Å². The van der Waals surface area contributed by atoms with Gasteiger partial charge in [-0.25, -0.2) is 4.39 Å². The molecule has 0 bridgehead atoms. The second-order valence-electron chi connectivity index (χ2n) is 7.47. The molecule has 1 unspecified atom stereocenters. The van der Waals surface area contributed by atoms with E-state index in [2.05, 4.69) is 53.2 Å². The van der Waals surface area contributed by atoms with E-state index < -0.39 is 5.82 Å². The Labute approximate surface area is 191 Å². The Morgan fingerprint density at radius 2 is 1.50 bits per heavy atom. The molecule has 4 nitrogen and oxygen atoms in total. The fourth-order valence-electron chi connectivity index (χ4n) is 3.39. The Hall–Kier alpha value is -3.77. The van der Waals surface area contributed by atoms with Gasteiger partial charge in [-0.2, -0.15) is 0 Å². The summed E-state index contributed by atoms with van der Waals surface area (Å²) in [6.45, 7) is 2.06. The van der Waals surface area contributed by atoms with Crippen molar-refractivity contribution in [3.63, 3.8) is 0 Å². The van der Waals surface area contributed by atoms with Crippen molar-refractivity contribution >= 4 is 45.4 Å². The summed E-state index contributed by atoms with van der Waals surface area (Å²) in [7, 11) is 0. The van der Waals surface area contributed by atoms with Crippen LogP contribution in [-0.2, 0) is 0 Å². The third-order valence-corrected chi connectivity index (χ3v) is 5.33. The molecule has 0 radical (unpaired) electrons. The Kier molecular flexibility index (Phi) is 6.42. The molecule has 4 aromatic rings. The lowest BCUT2D eigenvalue weighted by molar-refractivity contribution is 0.102. The van der Waals surface area contributed by atoms with E-state index in [0.29, 0.717) is 10.8 Å². The van der Waals surface area contributed by atoms with Crippen molar-refractivity contribution < 1.29 is 9.18 Å². The van der Waals surface area contributed by atoms with Crippen LogP contribution in [0.1, 0.15) is 28.9 Å². The van der Waals surface area contributed by atoms with Crippen LogP contribution < -0.4 is 16.0 Å². The van der Waals surface area contributed by atoms with Crippen molar-refractivity contribution in [2.24, 2.45) is 0 Å². The standard InChI is InChI=1S/C26H22FN3OS/c1-17(19-10-9-18-5-2-3-6-20(18)15-19)28-26(32)30-24-13-11-23(12-14-24)29-25(31)21-7-4-8-22(27)16-21/h2-17H,1H3,(H,29,31)(H2,28,30,32). The lowest BCUT2D eigenvalue weighted by Crippen LogP contribution is -2.30. The van der Waals surface area contributed by atoms with Gasteiger partial charge in [-0.05, 0) is 84.0 Å². The number of fused-ring (bicyclic) bond motifs is 1. The normalized spacial score (nSPS) is 11.6. The van der Waals surface area contributed by atoms with Crippen LogP contribution in [0.2, 0.25) is 0 Å². The van der Waals surface area contributed by atoms with Gasteiger partial charge in [-0.15, -0.1) is 0 Å². The van der Waals surface area contributed by atoms with Crippen LogP contribution in [0.25, 0.3) is 10.8 Å². The maximum atomic E-state index is 13.3. The zero-order valence-corrected chi connectivity index (χ0v) is 18.2. The van der Waals surface area contributed by atoms with Crippen molar-refractivity contribution in [2.75, 3.05) is 10.6 Å². The maximum absolute atomic E-state index is 13.3. The second kappa shape index (κ2) is 9.58. The number of hydrogen-bond donors (Lipinski definition) is 3. The molecule has 0 aliphatic heterocycles. The molecule has 4 rings (SSSR count). The van der Waals surface area contributed by atoms with Gasteiger partial charge in [0, 0.05) is 16.9 Å². The molecule has 3 N–H and O–H groups in total. The van der Waals surface area contributed by atoms with Crippen molar-refractivity contribution in [1.29, 1.82) is 0 Å². The van der Waals surface area contributed by atoms with Gasteiger partial charge < -0.3 is 16.0 Å². The first kappa shape index (κ1) is 21.5. The van der Waals surface area contributed by atoms with Gasteiger partial charge in [0.15, 0.2) is 5.11 Å². The van der Waals surface area contributed by atoms with Gasteiger partial charge in [0.2, 0.25) is 0 Å². The van der Waals surface area contributed by atoms with E-state index in [1.165, 1.54) is 29.0 Å². The summed E-state index contributed by atoms with van der Waals surface area (Å²) in [5.41, 5.74) is 2.80. The third-order valence-electron chi connectivity index (χ3n) is 5.11. The molecule has 0 spiro atoms. The molecule has 0 saturated heterocycles. The number of rotatable bonds is 5. The van der Waals surface area contributed by atoms with Gasteiger partial charge in [-0.1, -0.05) is 42.5 Å². The number of carbonyl (C=O) groups is 1. The van der Waals surface area contributed by atoms with Gasteiger partial charge in [-0.3, -0.25) is 4.79 Å². The summed E-state index contributed by atoms with van der Waals surface area (Å²) in [5, 5.41) is 12.1. The minimum atomic E-state index is -0.448. The van der Waals surface area contributed by atoms with Gasteiger partial charge in [0.05, 0.1) is 6.04 Å². The van der Waals surface area contributed by atoms with E-state index >= 15 is 0 Å². The molecule has 0 heterocycles. The smallest absolute Gasteiger partial charge is 0.255 e. The lowest BCUT2D eigenvalue weighted by atomic mass is 10.0. The van der Waals surface area contributed by atoms with Crippen LogP contribution in [0.3, 0.4) is 0 Å². The van der Waals surface area contributed by atoms with Crippen molar-refractivity contribution in [3.8, 4) is 0 Å². The number of nitrogens with one attached hydrogen (secondary N) is 3. The molecule has 160 valence electrons. The van der Waals surface area contributed by atoms with E-state index in [-0.39, 0.29) is 17.5 Å². The molecule has 0 aliphatic carbocycles. The zero-order chi connectivity index (χ0) is 22.5. The van der Waals surface area contributed by atoms with Crippen LogP contribution in [0.4, 0.5) is 15.8 Å². The summed E-state index contributed by atoms with van der Waals surface area (Å²) in [5.74, 6) is -0.817. The first-order valence-electron chi connectivity index (χ1n) is 10.2. The predicted molar refractivity (Wildman–Crippen MR) is 133 cm³/mol. The molecule has 0 aromatic heterocycles. The van der Waals surface area contributed by atoms with Crippen LogP contribution in [0, 0.1) is 5.82 Å². The number of amides is 1. The van der Waals surface area contributed by atoms with E-state index in [9.17, 15) is 9.18 Å². The molecule has 0 fully saturated rings. The second-order valence-corrected chi connectivity index (χ2v) is 7.88. The first-order valence-corrected chi connectivity index (χ1v) is 10.6. The zero-order valence-electron chi connectivity index (χ0n) is 17.4. The highest BCUT2D eigenvalue weighted by Crippen LogP contribution is 2.21. The Balaban J connectivity index is 1.34. The van der Waals surface area contributed by atoms with Gasteiger partial charge in [0.1, 0.15) is 5.82 Å². The predicted octanol–water partition coefficient (Wildman–Crippen LogP) is 6.28. The van der Waals surface area contributed by atoms with E-state index in [0.717, 1.165) is 11.3 Å². The average molecular weight is 444 g/mol. The van der Waals surface area contributed by atoms with Crippen LogP contribution in [0.5, 0.6) is 0 Å². The quantitative estimate of drug-likeness (QED) is 0.318. The number of hydrogen-bond acceptors (Lipinski definition) is 2. The first-order chi connectivity index (χ1) is 15.5. The highest BCUT2D eigenvalue weighted by molar-refractivity contribution is 7.80. The summed E-state index contributed by atoms with van der Waals surface area (Å²) < 4.78 is 13.3. The Morgan fingerprint density at radius 3 is 2.22 bits per heavy atom. The fraction of sp³-hybridized carbons (Fsp3) is 0.0769. The van der Waals surface area contributed by atoms with E-state index in [1.807, 2.05) is 24.3 Å². The van der Waals surface area contributed by atoms with Crippen LogP contribution in [0.15, 0.2) is 91.0 Å². The number of halogens is 1. The van der Waals surface area contributed by atoms with E-state index in [1.54, 1.807) is 18.2 Å². The molecular formula is C26H22FN3OS.